The van der Waals surface area contributed by atoms with Crippen molar-refractivity contribution in [3.8, 4) is 0 Å². The zero-order valence-corrected chi connectivity index (χ0v) is 8.94. The second kappa shape index (κ2) is 3.81. The lowest BCUT2D eigenvalue weighted by molar-refractivity contribution is 0.0560. The summed E-state index contributed by atoms with van der Waals surface area (Å²) >= 11 is 0. The third kappa shape index (κ3) is 1.69. The molecule has 0 amide bonds. The Morgan fingerprint density at radius 3 is 2.75 bits per heavy atom. The SMILES string of the molecule is COC(=O)c1cc2cc(C)ccc2c(=O)o1. The van der Waals surface area contributed by atoms with Crippen LogP contribution in [0.25, 0.3) is 10.8 Å². The van der Waals surface area contributed by atoms with E-state index in [0.717, 1.165) is 5.56 Å². The molecule has 0 fully saturated rings. The Hall–Kier alpha value is -2.10. The van der Waals surface area contributed by atoms with Crippen LogP contribution >= 0.6 is 0 Å². The summed E-state index contributed by atoms with van der Waals surface area (Å²) in [4.78, 5) is 22.8. The van der Waals surface area contributed by atoms with Crippen molar-refractivity contribution in [2.45, 2.75) is 6.92 Å². The van der Waals surface area contributed by atoms with Crippen LogP contribution in [0.2, 0.25) is 0 Å². The number of benzene rings is 1. The van der Waals surface area contributed by atoms with Crippen LogP contribution in [0.4, 0.5) is 0 Å². The Labute approximate surface area is 91.4 Å². The number of carbonyl (C=O) groups excluding carboxylic acids is 1. The molecule has 0 aliphatic heterocycles. The molecule has 0 unspecified atom stereocenters. The van der Waals surface area contributed by atoms with Gasteiger partial charge < -0.3 is 9.15 Å². The van der Waals surface area contributed by atoms with Crippen LogP contribution in [0.1, 0.15) is 16.1 Å². The molecule has 4 heteroatoms. The maximum Gasteiger partial charge on any atom is 0.374 e. The van der Waals surface area contributed by atoms with Crippen LogP contribution in [0, 0.1) is 6.92 Å². The van der Waals surface area contributed by atoms with E-state index in [4.69, 9.17) is 4.42 Å². The summed E-state index contributed by atoms with van der Waals surface area (Å²) in [6, 6.07) is 6.82. The second-order valence-electron chi connectivity index (χ2n) is 3.48. The third-order valence-corrected chi connectivity index (χ3v) is 2.30. The highest BCUT2D eigenvalue weighted by Crippen LogP contribution is 2.14. The molecule has 1 aromatic heterocycles. The fraction of sp³-hybridized carbons (Fsp3) is 0.167. The van der Waals surface area contributed by atoms with Gasteiger partial charge in [0, 0.05) is 0 Å². The number of ether oxygens (including phenoxy) is 1. The standard InChI is InChI=1S/C12H10O4/c1-7-3-4-9-8(5-7)6-10(12(14)15-2)16-11(9)13/h3-6H,1-2H3. The smallest absolute Gasteiger partial charge is 0.374 e. The van der Waals surface area contributed by atoms with Crippen LogP contribution in [-0.2, 0) is 4.74 Å². The minimum absolute atomic E-state index is 0.0781. The molecule has 0 saturated heterocycles. The van der Waals surface area contributed by atoms with Crippen molar-refractivity contribution in [1.29, 1.82) is 0 Å². The zero-order valence-electron chi connectivity index (χ0n) is 8.94. The number of esters is 1. The highest BCUT2D eigenvalue weighted by atomic mass is 16.5. The monoisotopic (exact) mass is 218 g/mol. The van der Waals surface area contributed by atoms with E-state index in [1.54, 1.807) is 6.07 Å². The van der Waals surface area contributed by atoms with E-state index in [-0.39, 0.29) is 5.76 Å². The lowest BCUT2D eigenvalue weighted by Gasteiger charge is -2.01. The molecular formula is C12H10O4. The molecule has 1 heterocycles. The highest BCUT2D eigenvalue weighted by Gasteiger charge is 2.11. The Kier molecular flexibility index (Phi) is 2.48. The fourth-order valence-electron chi connectivity index (χ4n) is 1.51. The molecule has 82 valence electrons. The molecule has 0 radical (unpaired) electrons. The van der Waals surface area contributed by atoms with E-state index < -0.39 is 11.6 Å². The fourth-order valence-corrected chi connectivity index (χ4v) is 1.51. The first-order valence-corrected chi connectivity index (χ1v) is 4.74. The number of methoxy groups -OCH3 is 1. The van der Waals surface area contributed by atoms with Crippen molar-refractivity contribution in [3.63, 3.8) is 0 Å². The van der Waals surface area contributed by atoms with Crippen molar-refractivity contribution in [2.75, 3.05) is 7.11 Å². The topological polar surface area (TPSA) is 56.5 Å². The molecule has 1 aromatic carbocycles. The Morgan fingerprint density at radius 2 is 2.06 bits per heavy atom. The first-order chi connectivity index (χ1) is 7.61. The largest absolute Gasteiger partial charge is 0.463 e. The molecule has 0 aliphatic carbocycles. The van der Waals surface area contributed by atoms with Gasteiger partial charge in [-0.05, 0) is 24.4 Å². The molecule has 2 rings (SSSR count). The van der Waals surface area contributed by atoms with Crippen LogP contribution < -0.4 is 5.63 Å². The van der Waals surface area contributed by atoms with Gasteiger partial charge >= 0.3 is 11.6 Å². The second-order valence-corrected chi connectivity index (χ2v) is 3.48. The van der Waals surface area contributed by atoms with Gasteiger partial charge in [-0.3, -0.25) is 0 Å². The van der Waals surface area contributed by atoms with Crippen molar-refractivity contribution in [2.24, 2.45) is 0 Å². The van der Waals surface area contributed by atoms with E-state index in [1.807, 2.05) is 19.1 Å². The minimum atomic E-state index is -0.652. The Bertz CT molecular complexity index is 610. The Morgan fingerprint density at radius 1 is 1.31 bits per heavy atom. The highest BCUT2D eigenvalue weighted by molar-refractivity contribution is 5.91. The van der Waals surface area contributed by atoms with E-state index in [2.05, 4.69) is 4.74 Å². The minimum Gasteiger partial charge on any atom is -0.463 e. The first-order valence-electron chi connectivity index (χ1n) is 4.74. The quantitative estimate of drug-likeness (QED) is 0.686. The van der Waals surface area contributed by atoms with Gasteiger partial charge in [0.25, 0.3) is 0 Å². The van der Waals surface area contributed by atoms with Gasteiger partial charge in [-0.1, -0.05) is 17.7 Å². The van der Waals surface area contributed by atoms with Gasteiger partial charge in [0.1, 0.15) is 0 Å². The lowest BCUT2D eigenvalue weighted by Crippen LogP contribution is -2.08. The summed E-state index contributed by atoms with van der Waals surface area (Å²) in [6.45, 7) is 1.91. The van der Waals surface area contributed by atoms with Crippen LogP contribution in [0.3, 0.4) is 0 Å². The van der Waals surface area contributed by atoms with Gasteiger partial charge in [-0.2, -0.15) is 0 Å². The van der Waals surface area contributed by atoms with Crippen molar-refractivity contribution >= 4 is 16.7 Å². The van der Waals surface area contributed by atoms with Gasteiger partial charge in [0.2, 0.25) is 5.76 Å². The normalized spacial score (nSPS) is 10.4. The molecule has 0 bridgehead atoms. The average Bonchev–Trinajstić information content (AvgIpc) is 2.27. The number of aryl methyl sites for hydroxylation is 1. The predicted molar refractivity (Wildman–Crippen MR) is 58.6 cm³/mol. The van der Waals surface area contributed by atoms with E-state index >= 15 is 0 Å². The molecule has 0 saturated carbocycles. The van der Waals surface area contributed by atoms with E-state index in [1.165, 1.54) is 13.2 Å². The number of carbonyl (C=O) groups is 1. The molecule has 2 aromatic rings. The molecular weight excluding hydrogens is 208 g/mol. The van der Waals surface area contributed by atoms with Gasteiger partial charge in [0.15, 0.2) is 0 Å². The first kappa shape index (κ1) is 10.4. The zero-order chi connectivity index (χ0) is 11.7. The summed E-state index contributed by atoms with van der Waals surface area (Å²) in [5.74, 6) is -0.730. The van der Waals surface area contributed by atoms with Crippen molar-refractivity contribution in [3.05, 3.63) is 46.0 Å². The molecule has 0 spiro atoms. The number of hydrogen-bond donors (Lipinski definition) is 0. The predicted octanol–water partition coefficient (Wildman–Crippen LogP) is 1.89. The molecule has 4 nitrogen and oxygen atoms in total. The van der Waals surface area contributed by atoms with Crippen LogP contribution in [0.5, 0.6) is 0 Å². The summed E-state index contributed by atoms with van der Waals surface area (Å²) in [7, 11) is 1.24. The summed E-state index contributed by atoms with van der Waals surface area (Å²) < 4.78 is 9.35. The maximum atomic E-state index is 11.6. The van der Waals surface area contributed by atoms with Gasteiger partial charge in [-0.25, -0.2) is 9.59 Å². The number of rotatable bonds is 1. The average molecular weight is 218 g/mol. The molecule has 0 aliphatic rings. The maximum absolute atomic E-state index is 11.6. The summed E-state index contributed by atoms with van der Waals surface area (Å²) in [5, 5.41) is 1.13. The molecule has 0 N–H and O–H groups in total. The van der Waals surface area contributed by atoms with Crippen molar-refractivity contribution < 1.29 is 13.9 Å². The van der Waals surface area contributed by atoms with E-state index in [0.29, 0.717) is 10.8 Å². The van der Waals surface area contributed by atoms with E-state index in [9.17, 15) is 9.59 Å². The van der Waals surface area contributed by atoms with Crippen LogP contribution in [0.15, 0.2) is 33.5 Å². The van der Waals surface area contributed by atoms with Gasteiger partial charge in [-0.15, -0.1) is 0 Å². The number of fused-ring (bicyclic) bond motifs is 1. The Balaban J connectivity index is 2.75. The summed E-state index contributed by atoms with van der Waals surface area (Å²) in [6.07, 6.45) is 0. The van der Waals surface area contributed by atoms with Crippen LogP contribution in [-0.4, -0.2) is 13.1 Å². The molecule has 0 atom stereocenters. The third-order valence-electron chi connectivity index (χ3n) is 2.30. The van der Waals surface area contributed by atoms with Crippen molar-refractivity contribution in [1.82, 2.24) is 0 Å². The van der Waals surface area contributed by atoms with Gasteiger partial charge in [0.05, 0.1) is 12.5 Å². The number of hydrogen-bond acceptors (Lipinski definition) is 4. The lowest BCUT2D eigenvalue weighted by atomic mass is 10.1. The summed E-state index contributed by atoms with van der Waals surface area (Å²) in [5.41, 5.74) is 0.479. The molecule has 16 heavy (non-hydrogen) atoms.